The molecule has 1 aromatic carbocycles. The summed E-state index contributed by atoms with van der Waals surface area (Å²) in [4.78, 5) is 10.6. The van der Waals surface area contributed by atoms with Crippen LogP contribution in [0.15, 0.2) is 18.2 Å². The van der Waals surface area contributed by atoms with Crippen LogP contribution in [0.2, 0.25) is 0 Å². The molecule has 70 valence electrons. The second-order valence-corrected chi connectivity index (χ2v) is 3.79. The molecule has 0 aliphatic carbocycles. The fraction of sp³-hybridized carbons (Fsp3) is 0. The Kier molecular flexibility index (Phi) is 2.40. The minimum absolute atomic E-state index is 0.306. The Bertz CT molecular complexity index is 515. The summed E-state index contributed by atoms with van der Waals surface area (Å²) in [6.07, 6.45) is 0.642. The maximum atomic E-state index is 13.3. The molecule has 0 aliphatic heterocycles. The van der Waals surface area contributed by atoms with Gasteiger partial charge in [0.25, 0.3) is 0 Å². The molecule has 0 fully saturated rings. The molecule has 1 aromatic heterocycles. The molecule has 0 aliphatic rings. The zero-order valence-electron chi connectivity index (χ0n) is 6.87. The smallest absolute Gasteiger partial charge is 0.152 e. The normalized spacial score (nSPS) is 10.4. The van der Waals surface area contributed by atoms with E-state index in [9.17, 15) is 9.18 Å². The quantitative estimate of drug-likeness (QED) is 0.599. The third kappa shape index (κ3) is 1.47. The molecule has 3 nitrogen and oxygen atoms in total. The van der Waals surface area contributed by atoms with Crippen molar-refractivity contribution < 1.29 is 9.18 Å². The van der Waals surface area contributed by atoms with Crippen molar-refractivity contribution in [2.24, 2.45) is 0 Å². The molecule has 0 saturated carbocycles. The first-order chi connectivity index (χ1) is 6.72. The molecule has 0 atom stereocenters. The Morgan fingerprint density at radius 1 is 1.36 bits per heavy atom. The number of rotatable bonds is 1. The van der Waals surface area contributed by atoms with Gasteiger partial charge in [-0.3, -0.25) is 4.79 Å². The van der Waals surface area contributed by atoms with Crippen molar-refractivity contribution >= 4 is 39.8 Å². The Balaban J connectivity index is 2.91. The average molecular weight is 302 g/mol. The van der Waals surface area contributed by atoms with Crippen molar-refractivity contribution in [2.45, 2.75) is 0 Å². The summed E-state index contributed by atoms with van der Waals surface area (Å²) in [6.45, 7) is 0. The van der Waals surface area contributed by atoms with Gasteiger partial charge in [0.1, 0.15) is 15.0 Å². The fourth-order valence-electron chi connectivity index (χ4n) is 1.19. The molecular weight excluding hydrogens is 298 g/mol. The highest BCUT2D eigenvalue weighted by atomic mass is 127. The van der Waals surface area contributed by atoms with Crippen molar-refractivity contribution in [3.63, 3.8) is 0 Å². The van der Waals surface area contributed by atoms with Gasteiger partial charge in [0.2, 0.25) is 0 Å². The number of hydrogen-bond acceptors (Lipinski definition) is 3. The first kappa shape index (κ1) is 9.45. The van der Waals surface area contributed by atoms with Crippen LogP contribution in [0.1, 0.15) is 10.4 Å². The van der Waals surface area contributed by atoms with Crippen molar-refractivity contribution in [3.05, 3.63) is 33.3 Å². The predicted octanol–water partition coefficient (Wildman–Crippen LogP) is 2.19. The number of hydrogen-bond donors (Lipinski definition) is 0. The molecular formula is C9H4FIN2O. The predicted molar refractivity (Wildman–Crippen MR) is 57.6 cm³/mol. The molecule has 0 saturated heterocycles. The number of fused-ring (bicyclic) bond motifs is 1. The Morgan fingerprint density at radius 2 is 2.14 bits per heavy atom. The number of halogens is 2. The summed E-state index contributed by atoms with van der Waals surface area (Å²) in [6, 6.07) is 4.21. The summed E-state index contributed by atoms with van der Waals surface area (Å²) in [5.74, 6) is -0.390. The number of aldehydes is 1. The van der Waals surface area contributed by atoms with E-state index in [1.807, 2.05) is 22.6 Å². The van der Waals surface area contributed by atoms with Crippen LogP contribution in [-0.2, 0) is 0 Å². The highest BCUT2D eigenvalue weighted by Gasteiger charge is 2.07. The summed E-state index contributed by atoms with van der Waals surface area (Å²) < 4.78 is 13.9. The van der Waals surface area contributed by atoms with E-state index in [4.69, 9.17) is 0 Å². The lowest BCUT2D eigenvalue weighted by atomic mass is 10.1. The van der Waals surface area contributed by atoms with Gasteiger partial charge < -0.3 is 0 Å². The first-order valence-corrected chi connectivity index (χ1v) is 4.87. The van der Waals surface area contributed by atoms with E-state index < -0.39 is 5.82 Å². The van der Waals surface area contributed by atoms with Crippen LogP contribution in [0, 0.1) is 9.52 Å². The number of nitrogens with zero attached hydrogens (tertiary/aromatic N) is 2. The monoisotopic (exact) mass is 302 g/mol. The maximum Gasteiger partial charge on any atom is 0.152 e. The molecule has 0 spiro atoms. The van der Waals surface area contributed by atoms with E-state index in [-0.39, 0.29) is 0 Å². The second-order valence-electron chi connectivity index (χ2n) is 2.68. The standard InChI is InChI=1S/C9H4FIN2O/c10-7-2-1-5(4-14)9-6(7)3-8(11)12-13-9/h1-4H. The summed E-state index contributed by atoms with van der Waals surface area (Å²) in [5, 5.41) is 7.88. The van der Waals surface area contributed by atoms with Gasteiger partial charge in [-0.25, -0.2) is 4.39 Å². The zero-order valence-corrected chi connectivity index (χ0v) is 9.03. The topological polar surface area (TPSA) is 42.9 Å². The molecule has 14 heavy (non-hydrogen) atoms. The van der Waals surface area contributed by atoms with Crippen molar-refractivity contribution in [2.75, 3.05) is 0 Å². The van der Waals surface area contributed by atoms with Gasteiger partial charge in [0, 0.05) is 10.9 Å². The van der Waals surface area contributed by atoms with Crippen molar-refractivity contribution in [1.29, 1.82) is 0 Å². The van der Waals surface area contributed by atoms with Gasteiger partial charge in [-0.2, -0.15) is 0 Å². The Labute approximate surface area is 92.5 Å². The van der Waals surface area contributed by atoms with Crippen LogP contribution in [-0.4, -0.2) is 16.5 Å². The van der Waals surface area contributed by atoms with Crippen molar-refractivity contribution in [3.8, 4) is 0 Å². The molecule has 2 rings (SSSR count). The van der Waals surface area contributed by atoms with E-state index in [1.165, 1.54) is 12.1 Å². The van der Waals surface area contributed by atoms with Gasteiger partial charge in [0.05, 0.1) is 0 Å². The van der Waals surface area contributed by atoms with E-state index in [2.05, 4.69) is 10.2 Å². The molecule has 2 aromatic rings. The highest BCUT2D eigenvalue weighted by molar-refractivity contribution is 14.1. The van der Waals surface area contributed by atoms with Crippen LogP contribution in [0.5, 0.6) is 0 Å². The molecule has 0 amide bonds. The van der Waals surface area contributed by atoms with E-state index in [0.29, 0.717) is 26.5 Å². The summed E-state index contributed by atoms with van der Waals surface area (Å²) in [7, 11) is 0. The minimum atomic E-state index is -0.390. The molecule has 0 N–H and O–H groups in total. The van der Waals surface area contributed by atoms with Crippen LogP contribution in [0.25, 0.3) is 10.9 Å². The maximum absolute atomic E-state index is 13.3. The minimum Gasteiger partial charge on any atom is -0.298 e. The van der Waals surface area contributed by atoms with Gasteiger partial charge in [-0.05, 0) is 40.8 Å². The van der Waals surface area contributed by atoms with Crippen LogP contribution < -0.4 is 0 Å². The third-order valence-electron chi connectivity index (χ3n) is 1.83. The second kappa shape index (κ2) is 3.56. The van der Waals surface area contributed by atoms with Gasteiger partial charge in [-0.15, -0.1) is 10.2 Å². The Hall–Kier alpha value is -1.11. The average Bonchev–Trinajstić information content (AvgIpc) is 2.19. The summed E-state index contributed by atoms with van der Waals surface area (Å²) >= 11 is 1.94. The first-order valence-electron chi connectivity index (χ1n) is 3.79. The fourth-order valence-corrected chi connectivity index (χ4v) is 1.61. The number of benzene rings is 1. The molecule has 0 radical (unpaired) electrons. The number of aromatic nitrogens is 2. The largest absolute Gasteiger partial charge is 0.298 e. The molecule has 5 heteroatoms. The van der Waals surface area contributed by atoms with E-state index >= 15 is 0 Å². The highest BCUT2D eigenvalue weighted by Crippen LogP contribution is 2.19. The van der Waals surface area contributed by atoms with Crippen molar-refractivity contribution in [1.82, 2.24) is 10.2 Å². The zero-order chi connectivity index (χ0) is 10.1. The van der Waals surface area contributed by atoms with Gasteiger partial charge in [-0.1, -0.05) is 0 Å². The lowest BCUT2D eigenvalue weighted by molar-refractivity contribution is 0.112. The molecule has 0 unspecified atom stereocenters. The van der Waals surface area contributed by atoms with E-state index in [1.54, 1.807) is 6.07 Å². The lowest BCUT2D eigenvalue weighted by Gasteiger charge is -2.00. The SMILES string of the molecule is O=Cc1ccc(F)c2cc(I)nnc12. The van der Waals surface area contributed by atoms with Crippen LogP contribution in [0.3, 0.4) is 0 Å². The third-order valence-corrected chi connectivity index (χ3v) is 2.36. The Morgan fingerprint density at radius 3 is 2.86 bits per heavy atom. The van der Waals surface area contributed by atoms with Gasteiger partial charge >= 0.3 is 0 Å². The van der Waals surface area contributed by atoms with Gasteiger partial charge in [0.15, 0.2) is 6.29 Å². The molecule has 0 bridgehead atoms. The molecule has 1 heterocycles. The van der Waals surface area contributed by atoms with E-state index in [0.717, 1.165) is 0 Å². The van der Waals surface area contributed by atoms with Crippen LogP contribution >= 0.6 is 22.6 Å². The number of carbonyl (C=O) groups excluding carboxylic acids is 1. The lowest BCUT2D eigenvalue weighted by Crippen LogP contribution is -1.94. The summed E-state index contributed by atoms with van der Waals surface area (Å²) in [5.41, 5.74) is 0.658. The number of carbonyl (C=O) groups is 1. The van der Waals surface area contributed by atoms with Crippen LogP contribution in [0.4, 0.5) is 4.39 Å².